The van der Waals surface area contributed by atoms with E-state index in [-0.39, 0.29) is 12.8 Å². The highest BCUT2D eigenvalue weighted by Gasteiger charge is 2.33. The number of amides is 2. The van der Waals surface area contributed by atoms with E-state index < -0.39 is 17.8 Å². The molecule has 0 saturated carbocycles. The molecule has 5 nitrogen and oxygen atoms in total. The molecule has 0 N–H and O–H groups in total. The first kappa shape index (κ1) is 11.3. The number of hydrogen-bond donors (Lipinski definition) is 0. The van der Waals surface area contributed by atoms with Crippen molar-refractivity contribution in [3.05, 3.63) is 35.4 Å². The first-order valence-corrected chi connectivity index (χ1v) is 5.22. The van der Waals surface area contributed by atoms with Crippen LogP contribution in [0.1, 0.15) is 28.8 Å². The molecule has 1 fully saturated rings. The van der Waals surface area contributed by atoms with Gasteiger partial charge in [0, 0.05) is 12.8 Å². The smallest absolute Gasteiger partial charge is 0.325 e. The zero-order valence-corrected chi connectivity index (χ0v) is 9.30. The van der Waals surface area contributed by atoms with Crippen molar-refractivity contribution in [3.8, 4) is 0 Å². The van der Waals surface area contributed by atoms with Gasteiger partial charge in [0.1, 0.15) is 0 Å². The lowest BCUT2D eigenvalue weighted by molar-refractivity contribution is -0.172. The second-order valence-electron chi connectivity index (χ2n) is 3.83. The summed E-state index contributed by atoms with van der Waals surface area (Å²) in [6.45, 7) is 1.84. The maximum absolute atomic E-state index is 11.7. The summed E-state index contributed by atoms with van der Waals surface area (Å²) in [6, 6.07) is 6.75. The molecule has 1 aromatic rings. The van der Waals surface area contributed by atoms with Gasteiger partial charge in [0.25, 0.3) is 11.8 Å². The molecule has 1 aliphatic heterocycles. The summed E-state index contributed by atoms with van der Waals surface area (Å²) < 4.78 is 0. The van der Waals surface area contributed by atoms with E-state index in [2.05, 4.69) is 0 Å². The van der Waals surface area contributed by atoms with Crippen LogP contribution in [0.4, 0.5) is 0 Å². The molecule has 0 atom stereocenters. The van der Waals surface area contributed by atoms with Crippen LogP contribution in [0.15, 0.2) is 24.3 Å². The van der Waals surface area contributed by atoms with E-state index in [1.165, 1.54) is 0 Å². The molecule has 0 spiro atoms. The van der Waals surface area contributed by atoms with E-state index in [0.717, 1.165) is 5.56 Å². The minimum atomic E-state index is -0.697. The maximum atomic E-state index is 11.7. The molecule has 2 amide bonds. The lowest BCUT2D eigenvalue weighted by Gasteiger charge is -2.12. The van der Waals surface area contributed by atoms with Crippen molar-refractivity contribution >= 4 is 17.8 Å². The van der Waals surface area contributed by atoms with Gasteiger partial charge in [-0.25, -0.2) is 4.79 Å². The molecule has 0 aromatic heterocycles. The van der Waals surface area contributed by atoms with Gasteiger partial charge >= 0.3 is 5.97 Å². The Bertz CT molecular complexity index is 479. The van der Waals surface area contributed by atoms with Gasteiger partial charge in [-0.2, -0.15) is 0 Å². The zero-order valence-electron chi connectivity index (χ0n) is 9.30. The quantitative estimate of drug-likeness (QED) is 0.720. The van der Waals surface area contributed by atoms with Crippen LogP contribution in [-0.4, -0.2) is 22.8 Å². The van der Waals surface area contributed by atoms with E-state index >= 15 is 0 Å². The molecule has 0 bridgehead atoms. The normalized spacial score (nSPS) is 15.2. The van der Waals surface area contributed by atoms with Crippen molar-refractivity contribution in [2.75, 3.05) is 0 Å². The Morgan fingerprint density at radius 2 is 1.88 bits per heavy atom. The SMILES string of the molecule is Cc1cccc(C(=O)ON2C(=O)CCC2=O)c1. The van der Waals surface area contributed by atoms with Gasteiger partial charge in [0.15, 0.2) is 0 Å². The highest BCUT2D eigenvalue weighted by atomic mass is 16.7. The van der Waals surface area contributed by atoms with Crippen LogP contribution >= 0.6 is 0 Å². The van der Waals surface area contributed by atoms with Crippen LogP contribution in [0.2, 0.25) is 0 Å². The average Bonchev–Trinajstić information content (AvgIpc) is 2.61. The first-order chi connectivity index (χ1) is 8.08. The molecular formula is C12H11NO4. The van der Waals surface area contributed by atoms with Gasteiger partial charge in [0.05, 0.1) is 5.56 Å². The standard InChI is InChI=1S/C12H11NO4/c1-8-3-2-4-9(7-8)12(16)17-13-10(14)5-6-11(13)15/h2-4,7H,5-6H2,1H3. The van der Waals surface area contributed by atoms with E-state index in [4.69, 9.17) is 4.84 Å². The third-order valence-electron chi connectivity index (χ3n) is 2.43. The predicted octanol–water partition coefficient (Wildman–Crippen LogP) is 1.22. The molecular weight excluding hydrogens is 222 g/mol. The monoisotopic (exact) mass is 233 g/mol. The van der Waals surface area contributed by atoms with Crippen molar-refractivity contribution in [2.24, 2.45) is 0 Å². The van der Waals surface area contributed by atoms with Gasteiger partial charge in [-0.15, -0.1) is 5.06 Å². The number of imide groups is 1. The highest BCUT2D eigenvalue weighted by Crippen LogP contribution is 2.14. The average molecular weight is 233 g/mol. The van der Waals surface area contributed by atoms with Crippen molar-refractivity contribution < 1.29 is 19.2 Å². The number of hydrogen-bond acceptors (Lipinski definition) is 4. The molecule has 1 saturated heterocycles. The Labute approximate surface area is 97.9 Å². The summed E-state index contributed by atoms with van der Waals surface area (Å²) in [5.41, 5.74) is 1.22. The fourth-order valence-electron chi connectivity index (χ4n) is 1.57. The Morgan fingerprint density at radius 3 is 2.47 bits per heavy atom. The molecule has 1 aliphatic rings. The Kier molecular flexibility index (Phi) is 2.91. The Hall–Kier alpha value is -2.17. The first-order valence-electron chi connectivity index (χ1n) is 5.22. The predicted molar refractivity (Wildman–Crippen MR) is 57.7 cm³/mol. The summed E-state index contributed by atoms with van der Waals surface area (Å²) in [6.07, 6.45) is 0.194. The van der Waals surface area contributed by atoms with Gasteiger partial charge in [0.2, 0.25) is 0 Å². The molecule has 0 radical (unpaired) electrons. The summed E-state index contributed by atoms with van der Waals surface area (Å²) in [5.74, 6) is -1.65. The van der Waals surface area contributed by atoms with Crippen LogP contribution in [0.5, 0.6) is 0 Å². The fraction of sp³-hybridized carbons (Fsp3) is 0.250. The summed E-state index contributed by atoms with van der Waals surface area (Å²) in [5, 5.41) is 0.546. The number of hydroxylamine groups is 2. The topological polar surface area (TPSA) is 63.7 Å². The van der Waals surface area contributed by atoms with Gasteiger partial charge in [-0.05, 0) is 19.1 Å². The van der Waals surface area contributed by atoms with E-state index in [0.29, 0.717) is 10.6 Å². The number of nitrogens with zero attached hydrogens (tertiary/aromatic N) is 1. The van der Waals surface area contributed by atoms with E-state index in [1.807, 2.05) is 13.0 Å². The summed E-state index contributed by atoms with van der Waals surface area (Å²) in [4.78, 5) is 38.9. The molecule has 5 heteroatoms. The number of carbonyl (C=O) groups excluding carboxylic acids is 3. The fourth-order valence-corrected chi connectivity index (χ4v) is 1.57. The van der Waals surface area contributed by atoms with Crippen LogP contribution in [0.3, 0.4) is 0 Å². The molecule has 1 aromatic carbocycles. The van der Waals surface area contributed by atoms with Crippen LogP contribution in [-0.2, 0) is 14.4 Å². The van der Waals surface area contributed by atoms with E-state index in [9.17, 15) is 14.4 Å². The third-order valence-corrected chi connectivity index (χ3v) is 2.43. The molecule has 0 aliphatic carbocycles. The van der Waals surface area contributed by atoms with Crippen molar-refractivity contribution in [3.63, 3.8) is 0 Å². The minimum absolute atomic E-state index is 0.0972. The molecule has 2 rings (SSSR count). The number of rotatable bonds is 2. The van der Waals surface area contributed by atoms with Gasteiger partial charge in [-0.3, -0.25) is 9.59 Å². The van der Waals surface area contributed by atoms with Crippen LogP contribution in [0.25, 0.3) is 0 Å². The zero-order chi connectivity index (χ0) is 12.4. The van der Waals surface area contributed by atoms with Crippen LogP contribution < -0.4 is 0 Å². The van der Waals surface area contributed by atoms with Crippen molar-refractivity contribution in [1.29, 1.82) is 0 Å². The second kappa shape index (κ2) is 4.37. The molecule has 17 heavy (non-hydrogen) atoms. The lowest BCUT2D eigenvalue weighted by Crippen LogP contribution is -2.32. The lowest BCUT2D eigenvalue weighted by atomic mass is 10.1. The van der Waals surface area contributed by atoms with Crippen molar-refractivity contribution in [2.45, 2.75) is 19.8 Å². The Balaban J connectivity index is 2.12. The maximum Gasteiger partial charge on any atom is 0.363 e. The third kappa shape index (κ3) is 2.33. The molecule has 0 unspecified atom stereocenters. The van der Waals surface area contributed by atoms with Crippen LogP contribution in [0, 0.1) is 6.92 Å². The van der Waals surface area contributed by atoms with Gasteiger partial charge in [-0.1, -0.05) is 17.7 Å². The number of carbonyl (C=O) groups is 3. The minimum Gasteiger partial charge on any atom is -0.325 e. The highest BCUT2D eigenvalue weighted by molar-refractivity contribution is 6.02. The molecule has 88 valence electrons. The largest absolute Gasteiger partial charge is 0.363 e. The molecule has 1 heterocycles. The van der Waals surface area contributed by atoms with E-state index in [1.54, 1.807) is 18.2 Å². The summed E-state index contributed by atoms with van der Waals surface area (Å²) >= 11 is 0. The number of benzene rings is 1. The van der Waals surface area contributed by atoms with Crippen molar-refractivity contribution in [1.82, 2.24) is 5.06 Å². The van der Waals surface area contributed by atoms with Gasteiger partial charge < -0.3 is 4.84 Å². The second-order valence-corrected chi connectivity index (χ2v) is 3.83. The number of aryl methyl sites for hydroxylation is 1. The summed E-state index contributed by atoms with van der Waals surface area (Å²) in [7, 11) is 0. The Morgan fingerprint density at radius 1 is 1.24 bits per heavy atom.